The van der Waals surface area contributed by atoms with Gasteiger partial charge in [-0.05, 0) is 20.3 Å². The summed E-state index contributed by atoms with van der Waals surface area (Å²) in [5, 5.41) is 10.9. The van der Waals surface area contributed by atoms with Crippen LogP contribution in [0, 0.1) is 0 Å². The van der Waals surface area contributed by atoms with Crippen molar-refractivity contribution in [3.63, 3.8) is 0 Å². The predicted octanol–water partition coefficient (Wildman–Crippen LogP) is 0.243. The smallest absolute Gasteiger partial charge is 0.243 e. The third-order valence-corrected chi connectivity index (χ3v) is 3.44. The maximum atomic E-state index is 11.7. The van der Waals surface area contributed by atoms with E-state index in [1.807, 2.05) is 18.5 Å². The van der Waals surface area contributed by atoms with Crippen LogP contribution in [0.2, 0.25) is 0 Å². The number of nitrogens with one attached hydrogen (secondary N) is 2. The number of likely N-dealkylation sites (N-methyl/N-ethyl adjacent to an activating group) is 1. The standard InChI is InChI=1S/C14H25N7O.HI/c1-10(2)18-14(15-7-13(22)20(3)4)19-11-5-6-12-16-9-17-21(12)8-11;/h9-11H,5-8H2,1-4H3,(H2,15,18,19);1H. The molecule has 1 aliphatic rings. The largest absolute Gasteiger partial charge is 0.354 e. The first kappa shape index (κ1) is 19.7. The molecule has 2 N–H and O–H groups in total. The zero-order valence-corrected chi connectivity index (χ0v) is 16.4. The van der Waals surface area contributed by atoms with Crippen molar-refractivity contribution in [3.05, 3.63) is 12.2 Å². The van der Waals surface area contributed by atoms with Gasteiger partial charge in [-0.3, -0.25) is 4.79 Å². The minimum atomic E-state index is -0.0212. The van der Waals surface area contributed by atoms with Crippen molar-refractivity contribution in [3.8, 4) is 0 Å². The van der Waals surface area contributed by atoms with E-state index in [9.17, 15) is 4.79 Å². The zero-order chi connectivity index (χ0) is 16.1. The second-order valence-electron chi connectivity index (χ2n) is 5.99. The molecule has 1 amide bonds. The highest BCUT2D eigenvalue weighted by Crippen LogP contribution is 2.11. The molecule has 2 rings (SSSR count). The monoisotopic (exact) mass is 435 g/mol. The maximum Gasteiger partial charge on any atom is 0.243 e. The van der Waals surface area contributed by atoms with Crippen molar-refractivity contribution in [2.45, 2.75) is 45.3 Å². The number of fused-ring (bicyclic) bond motifs is 1. The van der Waals surface area contributed by atoms with E-state index >= 15 is 0 Å². The fourth-order valence-electron chi connectivity index (χ4n) is 2.24. The Morgan fingerprint density at radius 3 is 2.91 bits per heavy atom. The first-order chi connectivity index (χ1) is 10.5. The second kappa shape index (κ2) is 9.04. The molecule has 0 aliphatic carbocycles. The van der Waals surface area contributed by atoms with Crippen LogP contribution in [0.5, 0.6) is 0 Å². The quantitative estimate of drug-likeness (QED) is 0.402. The lowest BCUT2D eigenvalue weighted by atomic mass is 10.1. The Morgan fingerprint density at radius 2 is 2.26 bits per heavy atom. The summed E-state index contributed by atoms with van der Waals surface area (Å²) in [7, 11) is 3.46. The van der Waals surface area contributed by atoms with Crippen LogP contribution in [0.1, 0.15) is 26.1 Å². The lowest BCUT2D eigenvalue weighted by Crippen LogP contribution is -2.49. The Bertz CT molecular complexity index is 541. The van der Waals surface area contributed by atoms with Gasteiger partial charge in [-0.1, -0.05) is 0 Å². The Morgan fingerprint density at radius 1 is 1.52 bits per heavy atom. The number of halogens is 1. The first-order valence-electron chi connectivity index (χ1n) is 7.60. The molecule has 1 aliphatic heterocycles. The molecule has 2 heterocycles. The molecule has 0 bridgehead atoms. The average molecular weight is 435 g/mol. The summed E-state index contributed by atoms with van der Waals surface area (Å²) in [5.74, 6) is 1.67. The van der Waals surface area contributed by atoms with Gasteiger partial charge < -0.3 is 15.5 Å². The number of guanidine groups is 1. The molecule has 1 aromatic rings. The molecule has 0 saturated heterocycles. The molecule has 1 atom stereocenters. The number of nitrogens with zero attached hydrogens (tertiary/aromatic N) is 5. The highest BCUT2D eigenvalue weighted by Gasteiger charge is 2.21. The van der Waals surface area contributed by atoms with Crippen LogP contribution in [-0.4, -0.2) is 64.3 Å². The topological polar surface area (TPSA) is 87.4 Å². The minimum absolute atomic E-state index is 0. The summed E-state index contributed by atoms with van der Waals surface area (Å²) in [6, 6.07) is 0.472. The van der Waals surface area contributed by atoms with E-state index in [1.165, 1.54) is 0 Å². The zero-order valence-electron chi connectivity index (χ0n) is 14.1. The summed E-state index contributed by atoms with van der Waals surface area (Å²) >= 11 is 0. The summed E-state index contributed by atoms with van der Waals surface area (Å²) in [6.07, 6.45) is 3.46. The average Bonchev–Trinajstić information content (AvgIpc) is 2.91. The van der Waals surface area contributed by atoms with Gasteiger partial charge in [0.2, 0.25) is 5.91 Å². The van der Waals surface area contributed by atoms with Gasteiger partial charge in [-0.15, -0.1) is 24.0 Å². The number of aromatic nitrogens is 3. The van der Waals surface area contributed by atoms with Crippen molar-refractivity contribution < 1.29 is 4.79 Å². The number of hydrogen-bond acceptors (Lipinski definition) is 4. The van der Waals surface area contributed by atoms with E-state index in [1.54, 1.807) is 25.3 Å². The Balaban J connectivity index is 0.00000264. The van der Waals surface area contributed by atoms with Gasteiger partial charge in [0.15, 0.2) is 5.96 Å². The van der Waals surface area contributed by atoms with E-state index in [2.05, 4.69) is 25.7 Å². The van der Waals surface area contributed by atoms with E-state index in [0.717, 1.165) is 25.2 Å². The molecule has 23 heavy (non-hydrogen) atoms. The van der Waals surface area contributed by atoms with Crippen LogP contribution in [-0.2, 0) is 17.8 Å². The number of aliphatic imine (C=N–C) groups is 1. The molecule has 0 spiro atoms. The Hall–Kier alpha value is -1.39. The molecule has 1 unspecified atom stereocenters. The lowest BCUT2D eigenvalue weighted by Gasteiger charge is -2.26. The molecule has 9 heteroatoms. The number of amides is 1. The van der Waals surface area contributed by atoms with Crippen molar-refractivity contribution in [2.75, 3.05) is 20.6 Å². The van der Waals surface area contributed by atoms with Crippen LogP contribution >= 0.6 is 24.0 Å². The van der Waals surface area contributed by atoms with Crippen molar-refractivity contribution in [1.29, 1.82) is 0 Å². The Labute approximate surface area is 154 Å². The molecule has 0 fully saturated rings. The van der Waals surface area contributed by atoms with Crippen LogP contribution in [0.25, 0.3) is 0 Å². The van der Waals surface area contributed by atoms with E-state index in [0.29, 0.717) is 5.96 Å². The fourth-order valence-corrected chi connectivity index (χ4v) is 2.24. The second-order valence-corrected chi connectivity index (χ2v) is 5.99. The lowest BCUT2D eigenvalue weighted by molar-refractivity contribution is -0.127. The maximum absolute atomic E-state index is 11.7. The first-order valence-corrected chi connectivity index (χ1v) is 7.60. The minimum Gasteiger partial charge on any atom is -0.354 e. The van der Waals surface area contributed by atoms with Crippen molar-refractivity contribution in [2.24, 2.45) is 4.99 Å². The normalized spacial score (nSPS) is 17.3. The molecule has 0 saturated carbocycles. The molecule has 130 valence electrons. The van der Waals surface area contributed by atoms with Crippen LogP contribution in [0.3, 0.4) is 0 Å². The van der Waals surface area contributed by atoms with Crippen molar-refractivity contribution in [1.82, 2.24) is 30.3 Å². The molecule has 0 radical (unpaired) electrons. The summed E-state index contributed by atoms with van der Waals surface area (Å²) in [6.45, 7) is 4.98. The van der Waals surface area contributed by atoms with Crippen LogP contribution in [0.15, 0.2) is 11.3 Å². The third kappa shape index (κ3) is 5.96. The molecular formula is C14H26IN7O. The molecular weight excluding hydrogens is 409 g/mol. The molecule has 8 nitrogen and oxygen atoms in total. The van der Waals surface area contributed by atoms with Gasteiger partial charge in [-0.2, -0.15) is 5.10 Å². The summed E-state index contributed by atoms with van der Waals surface area (Å²) in [4.78, 5) is 21.8. The van der Waals surface area contributed by atoms with Gasteiger partial charge in [-0.25, -0.2) is 14.7 Å². The number of hydrogen-bond donors (Lipinski definition) is 2. The van der Waals surface area contributed by atoms with Gasteiger partial charge >= 0.3 is 0 Å². The number of rotatable bonds is 4. The predicted molar refractivity (Wildman–Crippen MR) is 99.9 cm³/mol. The van der Waals surface area contributed by atoms with Gasteiger partial charge in [0.05, 0.1) is 6.54 Å². The highest BCUT2D eigenvalue weighted by molar-refractivity contribution is 14.0. The Kier molecular flexibility index (Phi) is 7.73. The van der Waals surface area contributed by atoms with E-state index in [-0.39, 0.29) is 48.5 Å². The van der Waals surface area contributed by atoms with Crippen LogP contribution in [0.4, 0.5) is 0 Å². The van der Waals surface area contributed by atoms with Gasteiger partial charge in [0, 0.05) is 32.6 Å². The molecule has 0 aromatic carbocycles. The summed E-state index contributed by atoms with van der Waals surface area (Å²) in [5.41, 5.74) is 0. The third-order valence-electron chi connectivity index (χ3n) is 3.44. The van der Waals surface area contributed by atoms with Crippen LogP contribution < -0.4 is 10.6 Å². The number of carbonyl (C=O) groups is 1. The highest BCUT2D eigenvalue weighted by atomic mass is 127. The van der Waals surface area contributed by atoms with E-state index < -0.39 is 0 Å². The number of aryl methyl sites for hydroxylation is 1. The fraction of sp³-hybridized carbons (Fsp3) is 0.714. The number of carbonyl (C=O) groups excluding carboxylic acids is 1. The SMILES string of the molecule is CC(C)NC(=NCC(=O)N(C)C)NC1CCc2ncnn2C1.I. The van der Waals surface area contributed by atoms with Gasteiger partial charge in [0.1, 0.15) is 18.7 Å². The van der Waals surface area contributed by atoms with E-state index in [4.69, 9.17) is 0 Å². The van der Waals surface area contributed by atoms with Gasteiger partial charge in [0.25, 0.3) is 0 Å². The van der Waals surface area contributed by atoms with Crippen molar-refractivity contribution >= 4 is 35.8 Å². The summed E-state index contributed by atoms with van der Waals surface area (Å²) < 4.78 is 1.92. The molecule has 1 aromatic heterocycles.